The molecule has 0 spiro atoms. The molecular weight excluding hydrogens is 374 g/mol. The molecule has 0 unspecified atom stereocenters. The Morgan fingerprint density at radius 1 is 1.00 bits per heavy atom. The van der Waals surface area contributed by atoms with E-state index in [1.807, 2.05) is 0 Å². The number of carbonyl (C=O) groups is 1. The highest BCUT2D eigenvalue weighted by molar-refractivity contribution is 5.95. The van der Waals surface area contributed by atoms with Gasteiger partial charge in [-0.2, -0.15) is 0 Å². The zero-order valence-corrected chi connectivity index (χ0v) is 19.3. The van der Waals surface area contributed by atoms with Gasteiger partial charge in [-0.05, 0) is 57.9 Å². The van der Waals surface area contributed by atoms with Crippen LogP contribution >= 0.6 is 0 Å². The first-order valence-electron chi connectivity index (χ1n) is 11.0. The standard InChI is InChI=1S/C25H35N3O2/c1-17-7-8-23(30-6)22(15-17)16-27-9-11-28(12-10-27)21(5)25(29)26-24-19(3)13-18(2)14-20(24)4/h7-8,13-15,21H,9-12,16H2,1-6H3,(H,26,29)/p+2/t21-/m0/s1. The van der Waals surface area contributed by atoms with Crippen molar-refractivity contribution in [2.45, 2.75) is 47.2 Å². The molecule has 1 fully saturated rings. The largest absolute Gasteiger partial charge is 0.496 e. The molecule has 0 bridgehead atoms. The summed E-state index contributed by atoms with van der Waals surface area (Å²) in [5.41, 5.74) is 6.99. The van der Waals surface area contributed by atoms with Gasteiger partial charge in [0, 0.05) is 11.3 Å². The van der Waals surface area contributed by atoms with Crippen LogP contribution in [0.2, 0.25) is 0 Å². The molecule has 1 heterocycles. The molecule has 1 atom stereocenters. The van der Waals surface area contributed by atoms with Gasteiger partial charge in [-0.15, -0.1) is 0 Å². The molecule has 2 aromatic carbocycles. The van der Waals surface area contributed by atoms with Crippen LogP contribution in [0.25, 0.3) is 0 Å². The van der Waals surface area contributed by atoms with Crippen LogP contribution in [0.1, 0.15) is 34.7 Å². The van der Waals surface area contributed by atoms with E-state index < -0.39 is 0 Å². The van der Waals surface area contributed by atoms with Gasteiger partial charge in [-0.25, -0.2) is 0 Å². The predicted octanol–water partition coefficient (Wildman–Crippen LogP) is 1.24. The Morgan fingerprint density at radius 3 is 2.23 bits per heavy atom. The Labute approximate surface area is 181 Å². The monoisotopic (exact) mass is 411 g/mol. The van der Waals surface area contributed by atoms with Crippen LogP contribution in [-0.4, -0.2) is 45.2 Å². The number of quaternary nitrogens is 2. The highest BCUT2D eigenvalue weighted by Gasteiger charge is 2.31. The third-order valence-electron chi connectivity index (χ3n) is 6.41. The summed E-state index contributed by atoms with van der Waals surface area (Å²) >= 11 is 0. The van der Waals surface area contributed by atoms with E-state index in [9.17, 15) is 4.79 Å². The second-order valence-electron chi connectivity index (χ2n) is 8.88. The van der Waals surface area contributed by atoms with Crippen LogP contribution in [0, 0.1) is 27.7 Å². The molecule has 0 radical (unpaired) electrons. The van der Waals surface area contributed by atoms with E-state index in [-0.39, 0.29) is 11.9 Å². The minimum absolute atomic E-state index is 0.0554. The molecule has 1 saturated heterocycles. The number of benzene rings is 2. The molecule has 1 amide bonds. The number of rotatable bonds is 6. The van der Waals surface area contributed by atoms with Gasteiger partial charge in [-0.3, -0.25) is 4.79 Å². The van der Waals surface area contributed by atoms with Crippen molar-refractivity contribution in [1.29, 1.82) is 0 Å². The first-order valence-corrected chi connectivity index (χ1v) is 11.0. The Kier molecular flexibility index (Phi) is 7.16. The number of hydrogen-bond donors (Lipinski definition) is 3. The first kappa shape index (κ1) is 22.3. The van der Waals surface area contributed by atoms with Crippen LogP contribution in [0.5, 0.6) is 5.75 Å². The molecule has 0 aliphatic carbocycles. The van der Waals surface area contributed by atoms with Crippen LogP contribution in [0.4, 0.5) is 5.69 Å². The molecule has 1 aliphatic heterocycles. The number of ether oxygens (including phenoxy) is 1. The first-order chi connectivity index (χ1) is 14.3. The SMILES string of the molecule is COc1ccc(C)cc1C[NH+]1CC[NH+]([C@@H](C)C(=O)Nc2c(C)cc(C)cc2C)CC1. The number of amides is 1. The maximum Gasteiger partial charge on any atom is 0.282 e. The van der Waals surface area contributed by atoms with E-state index in [1.54, 1.807) is 12.0 Å². The molecular formula is C25H37N3O2+2. The summed E-state index contributed by atoms with van der Waals surface area (Å²) in [5, 5.41) is 3.19. The third-order valence-corrected chi connectivity index (χ3v) is 6.41. The summed E-state index contributed by atoms with van der Waals surface area (Å²) in [4.78, 5) is 15.9. The van der Waals surface area contributed by atoms with Gasteiger partial charge in [0.25, 0.3) is 5.91 Å². The zero-order valence-electron chi connectivity index (χ0n) is 19.3. The van der Waals surface area contributed by atoms with E-state index in [1.165, 1.54) is 21.6 Å². The maximum atomic E-state index is 12.9. The smallest absolute Gasteiger partial charge is 0.282 e. The van der Waals surface area contributed by atoms with Crippen molar-refractivity contribution in [1.82, 2.24) is 0 Å². The predicted molar refractivity (Wildman–Crippen MR) is 122 cm³/mol. The Morgan fingerprint density at radius 2 is 1.63 bits per heavy atom. The van der Waals surface area contributed by atoms with Crippen molar-refractivity contribution in [3.8, 4) is 5.75 Å². The average Bonchev–Trinajstić information content (AvgIpc) is 2.70. The number of aryl methyl sites for hydroxylation is 4. The molecule has 5 heteroatoms. The normalized spacial score (nSPS) is 19.9. The lowest BCUT2D eigenvalue weighted by Crippen LogP contribution is -3.29. The lowest BCUT2D eigenvalue weighted by molar-refractivity contribution is -1.02. The minimum atomic E-state index is -0.0554. The lowest BCUT2D eigenvalue weighted by atomic mass is 10.0. The number of methoxy groups -OCH3 is 1. The topological polar surface area (TPSA) is 47.2 Å². The van der Waals surface area contributed by atoms with Crippen molar-refractivity contribution in [3.63, 3.8) is 0 Å². The van der Waals surface area contributed by atoms with Gasteiger partial charge in [0.15, 0.2) is 6.04 Å². The van der Waals surface area contributed by atoms with E-state index in [0.29, 0.717) is 0 Å². The highest BCUT2D eigenvalue weighted by atomic mass is 16.5. The average molecular weight is 412 g/mol. The Bertz CT molecular complexity index is 878. The van der Waals surface area contributed by atoms with Crippen molar-refractivity contribution in [2.24, 2.45) is 0 Å². The quantitative estimate of drug-likeness (QED) is 0.670. The lowest BCUT2D eigenvalue weighted by Gasteiger charge is -2.33. The molecule has 1 aliphatic rings. The van der Waals surface area contributed by atoms with Gasteiger partial charge in [0.2, 0.25) is 0 Å². The highest BCUT2D eigenvalue weighted by Crippen LogP contribution is 2.22. The molecule has 2 aromatic rings. The number of nitrogens with one attached hydrogen (secondary N) is 3. The third kappa shape index (κ3) is 5.21. The summed E-state index contributed by atoms with van der Waals surface area (Å²) in [6, 6.07) is 10.6. The van der Waals surface area contributed by atoms with E-state index in [4.69, 9.17) is 4.74 Å². The fraction of sp³-hybridized carbons (Fsp3) is 0.480. The van der Waals surface area contributed by atoms with Crippen molar-refractivity contribution < 1.29 is 19.3 Å². The zero-order chi connectivity index (χ0) is 21.8. The van der Waals surface area contributed by atoms with E-state index in [2.05, 4.69) is 70.3 Å². The molecule has 3 N–H and O–H groups in total. The fourth-order valence-corrected chi connectivity index (χ4v) is 4.64. The fourth-order valence-electron chi connectivity index (χ4n) is 4.64. The van der Waals surface area contributed by atoms with Crippen molar-refractivity contribution in [2.75, 3.05) is 38.6 Å². The second-order valence-corrected chi connectivity index (χ2v) is 8.88. The second kappa shape index (κ2) is 9.63. The Balaban J connectivity index is 1.57. The van der Waals surface area contributed by atoms with Gasteiger partial charge in [0.1, 0.15) is 38.5 Å². The van der Waals surface area contributed by atoms with E-state index in [0.717, 1.165) is 55.3 Å². The summed E-state index contributed by atoms with van der Waals surface area (Å²) < 4.78 is 5.54. The summed E-state index contributed by atoms with van der Waals surface area (Å²) in [5.74, 6) is 1.09. The number of carbonyl (C=O) groups excluding carboxylic acids is 1. The summed E-state index contributed by atoms with van der Waals surface area (Å²) in [6.45, 7) is 15.5. The number of anilines is 1. The van der Waals surface area contributed by atoms with Gasteiger partial charge < -0.3 is 19.9 Å². The molecule has 3 rings (SSSR count). The van der Waals surface area contributed by atoms with Gasteiger partial charge >= 0.3 is 0 Å². The number of piperazine rings is 1. The molecule has 0 saturated carbocycles. The van der Waals surface area contributed by atoms with Crippen LogP contribution in [0.15, 0.2) is 30.3 Å². The van der Waals surface area contributed by atoms with Gasteiger partial charge in [-0.1, -0.05) is 29.3 Å². The maximum absolute atomic E-state index is 12.9. The molecule has 162 valence electrons. The Hall–Kier alpha value is -2.37. The van der Waals surface area contributed by atoms with Crippen molar-refractivity contribution in [3.05, 3.63) is 58.1 Å². The van der Waals surface area contributed by atoms with Crippen LogP contribution < -0.4 is 19.9 Å². The van der Waals surface area contributed by atoms with Crippen molar-refractivity contribution >= 4 is 11.6 Å². The van der Waals surface area contributed by atoms with Crippen LogP contribution in [0.3, 0.4) is 0 Å². The molecule has 0 aromatic heterocycles. The van der Waals surface area contributed by atoms with Gasteiger partial charge in [0.05, 0.1) is 7.11 Å². The minimum Gasteiger partial charge on any atom is -0.496 e. The summed E-state index contributed by atoms with van der Waals surface area (Å²) in [6.07, 6.45) is 0. The number of hydrogen-bond acceptors (Lipinski definition) is 2. The molecule has 5 nitrogen and oxygen atoms in total. The van der Waals surface area contributed by atoms with E-state index >= 15 is 0 Å². The summed E-state index contributed by atoms with van der Waals surface area (Å²) in [7, 11) is 1.74. The van der Waals surface area contributed by atoms with Crippen LogP contribution in [-0.2, 0) is 11.3 Å². The molecule has 30 heavy (non-hydrogen) atoms.